The predicted molar refractivity (Wildman–Crippen MR) is 52.8 cm³/mol. The summed E-state index contributed by atoms with van der Waals surface area (Å²) in [4.78, 5) is 14.0. The SMILES string of the molecule is O=C1CNC(c2cccs2)N1CCF. The zero-order chi connectivity index (χ0) is 9.97. The molecule has 0 aromatic carbocycles. The highest BCUT2D eigenvalue weighted by Gasteiger charge is 2.31. The van der Waals surface area contributed by atoms with Gasteiger partial charge in [0, 0.05) is 4.88 Å². The lowest BCUT2D eigenvalue weighted by molar-refractivity contribution is -0.128. The Hall–Kier alpha value is -0.940. The van der Waals surface area contributed by atoms with E-state index < -0.39 is 6.67 Å². The van der Waals surface area contributed by atoms with Crippen molar-refractivity contribution in [1.29, 1.82) is 0 Å². The highest BCUT2D eigenvalue weighted by atomic mass is 32.1. The van der Waals surface area contributed by atoms with Gasteiger partial charge in [0.05, 0.1) is 13.1 Å². The summed E-state index contributed by atoms with van der Waals surface area (Å²) in [6.07, 6.45) is -0.127. The summed E-state index contributed by atoms with van der Waals surface area (Å²) in [6, 6.07) is 3.88. The third-order valence-electron chi connectivity index (χ3n) is 2.22. The van der Waals surface area contributed by atoms with Gasteiger partial charge in [0.15, 0.2) is 0 Å². The summed E-state index contributed by atoms with van der Waals surface area (Å²) in [5, 5.41) is 5.02. The van der Waals surface area contributed by atoms with Gasteiger partial charge in [0.1, 0.15) is 12.8 Å². The Bertz CT molecular complexity index is 315. The quantitative estimate of drug-likeness (QED) is 0.818. The van der Waals surface area contributed by atoms with Gasteiger partial charge in [-0.3, -0.25) is 10.1 Å². The molecule has 1 atom stereocenters. The van der Waals surface area contributed by atoms with Crippen LogP contribution in [0.25, 0.3) is 0 Å². The smallest absolute Gasteiger partial charge is 0.238 e. The Labute approximate surface area is 85.5 Å². The van der Waals surface area contributed by atoms with Crippen LogP contribution >= 0.6 is 11.3 Å². The molecular formula is C9H11FN2OS. The molecule has 1 aromatic heterocycles. The molecule has 3 nitrogen and oxygen atoms in total. The number of amides is 1. The third kappa shape index (κ3) is 1.65. The topological polar surface area (TPSA) is 32.3 Å². The largest absolute Gasteiger partial charge is 0.318 e. The van der Waals surface area contributed by atoms with Gasteiger partial charge in [-0.15, -0.1) is 11.3 Å². The van der Waals surface area contributed by atoms with Crippen molar-refractivity contribution in [3.05, 3.63) is 22.4 Å². The van der Waals surface area contributed by atoms with Crippen LogP contribution < -0.4 is 5.32 Å². The van der Waals surface area contributed by atoms with Crippen molar-refractivity contribution in [3.63, 3.8) is 0 Å². The molecule has 1 unspecified atom stereocenters. The maximum Gasteiger partial charge on any atom is 0.238 e. The first kappa shape index (κ1) is 9.61. The Balaban J connectivity index is 2.15. The molecule has 1 aliphatic heterocycles. The lowest BCUT2D eigenvalue weighted by Gasteiger charge is -2.21. The van der Waals surface area contributed by atoms with E-state index >= 15 is 0 Å². The van der Waals surface area contributed by atoms with E-state index in [-0.39, 0.29) is 18.6 Å². The number of halogens is 1. The van der Waals surface area contributed by atoms with E-state index in [0.717, 1.165) is 4.88 Å². The summed E-state index contributed by atoms with van der Waals surface area (Å²) in [6.45, 7) is -0.00768. The Morgan fingerprint density at radius 3 is 3.21 bits per heavy atom. The van der Waals surface area contributed by atoms with Crippen LogP contribution in [0.2, 0.25) is 0 Å². The van der Waals surface area contributed by atoms with Crippen LogP contribution in [0.1, 0.15) is 11.0 Å². The van der Waals surface area contributed by atoms with Crippen LogP contribution in [0, 0.1) is 0 Å². The van der Waals surface area contributed by atoms with E-state index in [2.05, 4.69) is 5.32 Å². The molecule has 0 spiro atoms. The van der Waals surface area contributed by atoms with E-state index in [1.165, 1.54) is 0 Å². The van der Waals surface area contributed by atoms with Crippen LogP contribution in [-0.2, 0) is 4.79 Å². The molecule has 2 heterocycles. The van der Waals surface area contributed by atoms with E-state index in [1.54, 1.807) is 16.2 Å². The second-order valence-corrected chi connectivity index (χ2v) is 4.05. The van der Waals surface area contributed by atoms with Crippen molar-refractivity contribution >= 4 is 17.2 Å². The lowest BCUT2D eigenvalue weighted by atomic mass is 10.3. The Morgan fingerprint density at radius 1 is 1.71 bits per heavy atom. The monoisotopic (exact) mass is 214 g/mol. The number of rotatable bonds is 3. The van der Waals surface area contributed by atoms with Crippen molar-refractivity contribution < 1.29 is 9.18 Å². The highest BCUT2D eigenvalue weighted by Crippen LogP contribution is 2.25. The molecule has 1 amide bonds. The maximum absolute atomic E-state index is 12.2. The first-order valence-corrected chi connectivity index (χ1v) is 5.33. The predicted octanol–water partition coefficient (Wildman–Crippen LogP) is 1.15. The van der Waals surface area contributed by atoms with Crippen LogP contribution in [-0.4, -0.2) is 30.6 Å². The summed E-state index contributed by atoms with van der Waals surface area (Å²) in [7, 11) is 0. The molecule has 2 rings (SSSR count). The molecule has 0 radical (unpaired) electrons. The van der Waals surface area contributed by atoms with Crippen LogP contribution in [0.4, 0.5) is 4.39 Å². The molecule has 1 fully saturated rings. The molecule has 5 heteroatoms. The van der Waals surface area contributed by atoms with E-state index in [4.69, 9.17) is 0 Å². The van der Waals surface area contributed by atoms with Crippen molar-refractivity contribution in [2.45, 2.75) is 6.17 Å². The minimum Gasteiger partial charge on any atom is -0.318 e. The van der Waals surface area contributed by atoms with Crippen molar-refractivity contribution in [2.24, 2.45) is 0 Å². The number of carbonyl (C=O) groups excluding carboxylic acids is 1. The first-order chi connectivity index (χ1) is 6.83. The van der Waals surface area contributed by atoms with Gasteiger partial charge in [0.25, 0.3) is 0 Å². The van der Waals surface area contributed by atoms with E-state index in [0.29, 0.717) is 6.54 Å². The van der Waals surface area contributed by atoms with Crippen LogP contribution in [0.15, 0.2) is 17.5 Å². The molecule has 1 aliphatic rings. The fourth-order valence-corrected chi connectivity index (χ4v) is 2.40. The van der Waals surface area contributed by atoms with Gasteiger partial charge in [-0.05, 0) is 11.4 Å². The zero-order valence-electron chi connectivity index (χ0n) is 7.57. The molecule has 76 valence electrons. The molecule has 1 N–H and O–H groups in total. The number of hydrogen-bond acceptors (Lipinski definition) is 3. The van der Waals surface area contributed by atoms with Gasteiger partial charge < -0.3 is 4.90 Å². The summed E-state index contributed by atoms with van der Waals surface area (Å²) in [5.41, 5.74) is 0. The normalized spacial score (nSPS) is 21.9. The number of nitrogens with zero attached hydrogens (tertiary/aromatic N) is 1. The van der Waals surface area contributed by atoms with Gasteiger partial charge in [0.2, 0.25) is 5.91 Å². The van der Waals surface area contributed by atoms with Gasteiger partial charge in [-0.2, -0.15) is 0 Å². The minimum atomic E-state index is -0.491. The van der Waals surface area contributed by atoms with Gasteiger partial charge in [-0.1, -0.05) is 6.07 Å². The minimum absolute atomic E-state index is 0.0268. The maximum atomic E-state index is 12.2. The lowest BCUT2D eigenvalue weighted by Crippen LogP contribution is -2.31. The number of nitrogens with one attached hydrogen (secondary N) is 1. The number of thiophene rings is 1. The fourth-order valence-electron chi connectivity index (χ4n) is 1.59. The van der Waals surface area contributed by atoms with Crippen molar-refractivity contribution in [3.8, 4) is 0 Å². The molecule has 1 aromatic rings. The number of hydrogen-bond donors (Lipinski definition) is 1. The molecule has 14 heavy (non-hydrogen) atoms. The van der Waals surface area contributed by atoms with Crippen LogP contribution in [0.5, 0.6) is 0 Å². The molecule has 1 saturated heterocycles. The molecule has 0 saturated carbocycles. The van der Waals surface area contributed by atoms with Gasteiger partial charge in [-0.25, -0.2) is 4.39 Å². The summed E-state index contributed by atoms with van der Waals surface area (Å²) >= 11 is 1.57. The Morgan fingerprint density at radius 2 is 2.57 bits per heavy atom. The third-order valence-corrected chi connectivity index (χ3v) is 3.14. The fraction of sp³-hybridized carbons (Fsp3) is 0.444. The highest BCUT2D eigenvalue weighted by molar-refractivity contribution is 7.10. The summed E-state index contributed by atoms with van der Waals surface area (Å²) in [5.74, 6) is -0.0268. The number of alkyl halides is 1. The second kappa shape index (κ2) is 4.06. The second-order valence-electron chi connectivity index (χ2n) is 3.07. The van der Waals surface area contributed by atoms with E-state index in [9.17, 15) is 9.18 Å². The average Bonchev–Trinajstić information content (AvgIpc) is 2.77. The summed E-state index contributed by atoms with van der Waals surface area (Å²) < 4.78 is 12.2. The molecule has 0 aliphatic carbocycles. The average molecular weight is 214 g/mol. The standard InChI is InChI=1S/C9H11FN2OS/c10-3-4-12-8(13)6-11-9(12)7-2-1-5-14-7/h1-2,5,9,11H,3-4,6H2. The van der Waals surface area contributed by atoms with Gasteiger partial charge >= 0.3 is 0 Å². The zero-order valence-corrected chi connectivity index (χ0v) is 8.39. The van der Waals surface area contributed by atoms with Crippen LogP contribution in [0.3, 0.4) is 0 Å². The van der Waals surface area contributed by atoms with E-state index in [1.807, 2.05) is 17.5 Å². The first-order valence-electron chi connectivity index (χ1n) is 4.45. The van der Waals surface area contributed by atoms with Crippen molar-refractivity contribution in [2.75, 3.05) is 19.8 Å². The number of carbonyl (C=O) groups is 1. The van der Waals surface area contributed by atoms with Crippen molar-refractivity contribution in [1.82, 2.24) is 10.2 Å². The molecule has 0 bridgehead atoms. The molecular weight excluding hydrogens is 203 g/mol. The Kier molecular flexibility index (Phi) is 2.79.